The van der Waals surface area contributed by atoms with Crippen molar-refractivity contribution >= 4 is 11.8 Å². The van der Waals surface area contributed by atoms with E-state index in [9.17, 15) is 9.59 Å². The molecule has 0 heterocycles. The second-order valence-corrected chi connectivity index (χ2v) is 4.97. The molecule has 0 N–H and O–H groups in total. The van der Waals surface area contributed by atoms with Crippen molar-refractivity contribution in [2.24, 2.45) is 0 Å². The van der Waals surface area contributed by atoms with Gasteiger partial charge in [0, 0.05) is 25.9 Å². The van der Waals surface area contributed by atoms with Crippen LogP contribution >= 0.6 is 0 Å². The SMILES string of the molecule is CCCCC1=C/C(=C/N(C)C)C=C(C(=O)OCC)C1=O. The Hall–Kier alpha value is -1.84. The van der Waals surface area contributed by atoms with Crippen molar-refractivity contribution < 1.29 is 14.3 Å². The number of rotatable bonds is 6. The van der Waals surface area contributed by atoms with Crippen LogP contribution in [0.1, 0.15) is 33.1 Å². The Morgan fingerprint density at radius 1 is 1.30 bits per heavy atom. The van der Waals surface area contributed by atoms with Crippen molar-refractivity contribution in [2.75, 3.05) is 20.7 Å². The van der Waals surface area contributed by atoms with E-state index in [2.05, 4.69) is 6.92 Å². The van der Waals surface area contributed by atoms with Gasteiger partial charge in [0.2, 0.25) is 0 Å². The van der Waals surface area contributed by atoms with E-state index in [0.717, 1.165) is 18.4 Å². The molecule has 0 fully saturated rings. The average molecular weight is 277 g/mol. The molecule has 0 aromatic rings. The summed E-state index contributed by atoms with van der Waals surface area (Å²) < 4.78 is 4.96. The van der Waals surface area contributed by atoms with Gasteiger partial charge in [-0.3, -0.25) is 4.79 Å². The first-order valence-corrected chi connectivity index (χ1v) is 7.01. The molecule has 4 heteroatoms. The smallest absolute Gasteiger partial charge is 0.342 e. The zero-order valence-corrected chi connectivity index (χ0v) is 12.7. The largest absolute Gasteiger partial charge is 0.462 e. The summed E-state index contributed by atoms with van der Waals surface area (Å²) in [6, 6.07) is 0. The molecule has 0 atom stereocenters. The number of Topliss-reactive ketones (excluding diaryl/α,β-unsaturated/α-hetero) is 1. The standard InChI is InChI=1S/C16H23NO3/c1-5-7-8-13-9-12(11-17(3)4)10-14(15(13)18)16(19)20-6-2/h9-11H,5-8H2,1-4H3/b12-11-. The summed E-state index contributed by atoms with van der Waals surface area (Å²) in [5.41, 5.74) is 1.67. The number of hydrogen-bond acceptors (Lipinski definition) is 4. The van der Waals surface area contributed by atoms with Gasteiger partial charge in [0.1, 0.15) is 5.57 Å². The molecule has 0 saturated carbocycles. The number of carbonyl (C=O) groups excluding carboxylic acids is 2. The molecular formula is C16H23NO3. The minimum Gasteiger partial charge on any atom is -0.462 e. The Bertz CT molecular complexity index is 470. The Morgan fingerprint density at radius 3 is 2.55 bits per heavy atom. The van der Waals surface area contributed by atoms with E-state index in [4.69, 9.17) is 4.74 Å². The molecule has 1 aliphatic rings. The van der Waals surface area contributed by atoms with Crippen LogP contribution in [-0.4, -0.2) is 37.4 Å². The number of ether oxygens (including phenoxy) is 1. The zero-order chi connectivity index (χ0) is 15.1. The number of ketones is 1. The molecule has 0 saturated heterocycles. The molecule has 1 aliphatic carbocycles. The third-order valence-corrected chi connectivity index (χ3v) is 2.89. The third kappa shape index (κ3) is 4.37. The maximum Gasteiger partial charge on any atom is 0.342 e. The molecule has 0 unspecified atom stereocenters. The van der Waals surface area contributed by atoms with Gasteiger partial charge in [-0.15, -0.1) is 0 Å². The number of esters is 1. The first kappa shape index (κ1) is 16.2. The predicted octanol–water partition coefficient (Wildman–Crippen LogP) is 2.62. The van der Waals surface area contributed by atoms with E-state index < -0.39 is 5.97 Å². The highest BCUT2D eigenvalue weighted by Crippen LogP contribution is 2.24. The molecule has 0 aromatic carbocycles. The van der Waals surface area contributed by atoms with Crippen LogP contribution in [0.25, 0.3) is 0 Å². The lowest BCUT2D eigenvalue weighted by Gasteiger charge is -2.16. The quantitative estimate of drug-likeness (QED) is 0.553. The van der Waals surface area contributed by atoms with Crippen LogP contribution in [-0.2, 0) is 14.3 Å². The molecule has 0 spiro atoms. The van der Waals surface area contributed by atoms with Crippen LogP contribution in [0, 0.1) is 0 Å². The molecule has 0 amide bonds. The van der Waals surface area contributed by atoms with Crippen molar-refractivity contribution in [1.29, 1.82) is 0 Å². The van der Waals surface area contributed by atoms with Gasteiger partial charge in [0.25, 0.3) is 0 Å². The monoisotopic (exact) mass is 277 g/mol. The van der Waals surface area contributed by atoms with Crippen molar-refractivity contribution in [2.45, 2.75) is 33.1 Å². The molecular weight excluding hydrogens is 254 g/mol. The Kier molecular flexibility index (Phi) is 6.22. The van der Waals surface area contributed by atoms with E-state index >= 15 is 0 Å². The number of allylic oxidation sites excluding steroid dienone is 4. The maximum absolute atomic E-state index is 12.3. The fourth-order valence-corrected chi connectivity index (χ4v) is 2.00. The Balaban J connectivity index is 3.07. The summed E-state index contributed by atoms with van der Waals surface area (Å²) >= 11 is 0. The van der Waals surface area contributed by atoms with E-state index in [0.29, 0.717) is 12.0 Å². The number of unbranched alkanes of at least 4 members (excludes halogenated alkanes) is 1. The van der Waals surface area contributed by atoms with E-state index in [1.807, 2.05) is 31.3 Å². The van der Waals surface area contributed by atoms with Crippen molar-refractivity contribution in [3.05, 3.63) is 35.1 Å². The molecule has 1 rings (SSSR count). The normalized spacial score (nSPS) is 16.8. The van der Waals surface area contributed by atoms with Crippen LogP contribution in [0.2, 0.25) is 0 Å². The van der Waals surface area contributed by atoms with Gasteiger partial charge >= 0.3 is 5.97 Å². The van der Waals surface area contributed by atoms with Gasteiger partial charge in [-0.05, 0) is 37.5 Å². The summed E-state index contributed by atoms with van der Waals surface area (Å²) in [6.45, 7) is 4.08. The summed E-state index contributed by atoms with van der Waals surface area (Å²) in [6.07, 6.45) is 7.99. The second-order valence-electron chi connectivity index (χ2n) is 4.97. The third-order valence-electron chi connectivity index (χ3n) is 2.89. The summed E-state index contributed by atoms with van der Waals surface area (Å²) in [7, 11) is 3.81. The van der Waals surface area contributed by atoms with Gasteiger partial charge in [-0.25, -0.2) is 4.79 Å². The lowest BCUT2D eigenvalue weighted by atomic mass is 9.91. The zero-order valence-electron chi connectivity index (χ0n) is 12.7. The Labute approximate surface area is 120 Å². The van der Waals surface area contributed by atoms with Gasteiger partial charge in [-0.1, -0.05) is 13.3 Å². The Morgan fingerprint density at radius 2 is 2.00 bits per heavy atom. The lowest BCUT2D eigenvalue weighted by molar-refractivity contribution is -0.139. The molecule has 4 nitrogen and oxygen atoms in total. The van der Waals surface area contributed by atoms with Crippen LogP contribution in [0.3, 0.4) is 0 Å². The maximum atomic E-state index is 12.3. The highest BCUT2D eigenvalue weighted by molar-refractivity contribution is 6.25. The fraction of sp³-hybridized carbons (Fsp3) is 0.500. The topological polar surface area (TPSA) is 46.6 Å². The fourth-order valence-electron chi connectivity index (χ4n) is 2.00. The van der Waals surface area contributed by atoms with E-state index in [1.54, 1.807) is 13.0 Å². The molecule has 20 heavy (non-hydrogen) atoms. The van der Waals surface area contributed by atoms with Crippen molar-refractivity contribution in [3.63, 3.8) is 0 Å². The predicted molar refractivity (Wildman–Crippen MR) is 79.1 cm³/mol. The minimum atomic E-state index is -0.538. The number of carbonyl (C=O) groups is 2. The highest BCUT2D eigenvalue weighted by Gasteiger charge is 2.26. The van der Waals surface area contributed by atoms with Crippen LogP contribution in [0.5, 0.6) is 0 Å². The van der Waals surface area contributed by atoms with Gasteiger partial charge < -0.3 is 9.64 Å². The molecule has 0 radical (unpaired) electrons. The van der Waals surface area contributed by atoms with Gasteiger partial charge in [0.05, 0.1) is 6.61 Å². The number of nitrogens with zero attached hydrogens (tertiary/aromatic N) is 1. The van der Waals surface area contributed by atoms with E-state index in [1.165, 1.54) is 0 Å². The number of hydrogen-bond donors (Lipinski definition) is 0. The van der Waals surface area contributed by atoms with Gasteiger partial charge in [-0.2, -0.15) is 0 Å². The summed E-state index contributed by atoms with van der Waals surface area (Å²) in [4.78, 5) is 26.1. The first-order valence-electron chi connectivity index (χ1n) is 7.01. The van der Waals surface area contributed by atoms with Crippen LogP contribution in [0.4, 0.5) is 0 Å². The lowest BCUT2D eigenvalue weighted by Crippen LogP contribution is -2.20. The second kappa shape index (κ2) is 7.68. The molecule has 0 aliphatic heterocycles. The summed E-state index contributed by atoms with van der Waals surface area (Å²) in [5.74, 6) is -0.739. The molecule has 0 bridgehead atoms. The molecule has 110 valence electrons. The highest BCUT2D eigenvalue weighted by atomic mass is 16.5. The minimum absolute atomic E-state index is 0.133. The summed E-state index contributed by atoms with van der Waals surface area (Å²) in [5, 5.41) is 0. The van der Waals surface area contributed by atoms with Crippen LogP contribution in [0.15, 0.2) is 35.1 Å². The van der Waals surface area contributed by atoms with Crippen LogP contribution < -0.4 is 0 Å². The molecule has 0 aromatic heterocycles. The first-order chi connectivity index (χ1) is 9.49. The van der Waals surface area contributed by atoms with Crippen molar-refractivity contribution in [3.8, 4) is 0 Å². The average Bonchev–Trinajstić information content (AvgIpc) is 2.38. The van der Waals surface area contributed by atoms with Gasteiger partial charge in [0.15, 0.2) is 5.78 Å². The van der Waals surface area contributed by atoms with E-state index in [-0.39, 0.29) is 18.0 Å². The van der Waals surface area contributed by atoms with Crippen molar-refractivity contribution in [1.82, 2.24) is 4.90 Å².